The Kier molecular flexibility index (Phi) is 12.0. The molecule has 19 heteroatoms. The minimum Gasteiger partial charge on any atom is -0.508 e. The normalized spacial score (nSPS) is 28.0. The number of phenols is 4. The molecule has 2 fully saturated rings. The Balaban J connectivity index is 1.24. The van der Waals surface area contributed by atoms with Gasteiger partial charge in [0.1, 0.15) is 70.9 Å². The van der Waals surface area contributed by atoms with Crippen LogP contribution in [0.2, 0.25) is 0 Å². The molecule has 300 valence electrons. The van der Waals surface area contributed by atoms with Crippen molar-refractivity contribution in [1.82, 2.24) is 0 Å². The summed E-state index contributed by atoms with van der Waals surface area (Å²) in [7, 11) is 1.33. The lowest BCUT2D eigenvalue weighted by Gasteiger charge is -2.43. The average Bonchev–Trinajstić information content (AvgIpc) is 3.17. The van der Waals surface area contributed by atoms with E-state index in [0.29, 0.717) is 5.56 Å². The molecule has 0 spiro atoms. The second-order valence-corrected chi connectivity index (χ2v) is 12.8. The zero-order valence-electron chi connectivity index (χ0n) is 29.2. The number of esters is 1. The lowest BCUT2D eigenvalue weighted by Crippen LogP contribution is -2.62. The van der Waals surface area contributed by atoms with Crippen molar-refractivity contribution in [3.63, 3.8) is 0 Å². The van der Waals surface area contributed by atoms with E-state index in [1.165, 1.54) is 55.7 Å². The van der Waals surface area contributed by atoms with Crippen LogP contribution in [-0.4, -0.2) is 139 Å². The molecule has 2 saturated heterocycles. The number of carbonyl (C=O) groups excluding carboxylic acids is 1. The van der Waals surface area contributed by atoms with E-state index in [9.17, 15) is 60.7 Å². The number of rotatable bonds is 11. The number of carbonyl (C=O) groups is 1. The van der Waals surface area contributed by atoms with Crippen molar-refractivity contribution in [2.45, 2.75) is 61.4 Å². The quantitative estimate of drug-likeness (QED) is 0.0680. The molecule has 0 bridgehead atoms. The fourth-order valence-corrected chi connectivity index (χ4v) is 6.09. The van der Waals surface area contributed by atoms with Crippen molar-refractivity contribution in [3.05, 3.63) is 76.5 Å². The Labute approximate surface area is 315 Å². The molecule has 2 aliphatic rings. The predicted octanol–water partition coefficient (Wildman–Crippen LogP) is -0.442. The van der Waals surface area contributed by atoms with E-state index in [0.717, 1.165) is 18.2 Å². The van der Waals surface area contributed by atoms with Crippen molar-refractivity contribution in [2.75, 3.05) is 20.3 Å². The first-order valence-corrected chi connectivity index (χ1v) is 16.9. The van der Waals surface area contributed by atoms with E-state index in [-0.39, 0.29) is 34.2 Å². The lowest BCUT2D eigenvalue weighted by atomic mass is 9.98. The van der Waals surface area contributed by atoms with Gasteiger partial charge in [0, 0.05) is 23.8 Å². The summed E-state index contributed by atoms with van der Waals surface area (Å²) in [6.45, 7) is -1.55. The topological polar surface area (TPSA) is 305 Å². The molecule has 3 heterocycles. The van der Waals surface area contributed by atoms with Crippen LogP contribution in [0.15, 0.2) is 69.9 Å². The molecule has 6 rings (SSSR count). The molecule has 10 N–H and O–H groups in total. The van der Waals surface area contributed by atoms with Gasteiger partial charge >= 0.3 is 5.97 Å². The van der Waals surface area contributed by atoms with Crippen LogP contribution in [0.4, 0.5) is 0 Å². The summed E-state index contributed by atoms with van der Waals surface area (Å²) in [5.41, 5.74) is -0.698. The van der Waals surface area contributed by atoms with E-state index in [4.69, 9.17) is 32.8 Å². The Hall–Kier alpha value is -5.48. The summed E-state index contributed by atoms with van der Waals surface area (Å²) in [6, 6.07) is 11.4. The summed E-state index contributed by atoms with van der Waals surface area (Å²) in [6.07, 6.45) is -15.7. The molecule has 2 aliphatic heterocycles. The smallest absolute Gasteiger partial charge is 0.331 e. The molecule has 0 saturated carbocycles. The molecular weight excluding hydrogens is 748 g/mol. The molecule has 3 aromatic carbocycles. The summed E-state index contributed by atoms with van der Waals surface area (Å²) in [4.78, 5) is 26.6. The van der Waals surface area contributed by atoms with E-state index >= 15 is 0 Å². The number of methoxy groups -OCH3 is 1. The summed E-state index contributed by atoms with van der Waals surface area (Å²) >= 11 is 0. The molecule has 0 radical (unpaired) electrons. The molecule has 0 unspecified atom stereocenters. The van der Waals surface area contributed by atoms with Gasteiger partial charge in [0.25, 0.3) is 0 Å². The predicted molar refractivity (Wildman–Crippen MR) is 188 cm³/mol. The number of hydrogen-bond acceptors (Lipinski definition) is 19. The lowest BCUT2D eigenvalue weighted by molar-refractivity contribution is -0.324. The molecule has 19 nitrogen and oxygen atoms in total. The second-order valence-electron chi connectivity index (χ2n) is 12.8. The van der Waals surface area contributed by atoms with Gasteiger partial charge in [-0.25, -0.2) is 4.79 Å². The SMILES string of the molecule is COc1cc(/C=C/C(=O)O[C@H]2[C@H](OC[C@H]3O[C@@H](Oc4c(-c5ccc(O)cc5)oc5cc(O)cc(O)c5c4=O)[C@H](O)[C@@H](O)[C@@H]3O)O[C@H](CO)[C@@H](O)[C@@H]2O)ccc1O. The van der Waals surface area contributed by atoms with Gasteiger partial charge in [-0.1, -0.05) is 6.07 Å². The van der Waals surface area contributed by atoms with Gasteiger partial charge in [0.05, 0.1) is 20.3 Å². The molecular formula is C37H38O19. The number of benzene rings is 3. The number of phenolic OH excluding ortho intramolecular Hbond substituents is 4. The molecule has 4 aromatic rings. The summed E-state index contributed by atoms with van der Waals surface area (Å²) < 4.78 is 39.0. The highest BCUT2D eigenvalue weighted by molar-refractivity contribution is 5.88. The number of aliphatic hydroxyl groups is 6. The molecule has 0 amide bonds. The molecule has 1 aromatic heterocycles. The van der Waals surface area contributed by atoms with E-state index < -0.39 is 109 Å². The zero-order valence-corrected chi connectivity index (χ0v) is 29.2. The van der Waals surface area contributed by atoms with E-state index in [1.54, 1.807) is 0 Å². The van der Waals surface area contributed by atoms with E-state index in [2.05, 4.69) is 0 Å². The van der Waals surface area contributed by atoms with Gasteiger partial charge in [-0.15, -0.1) is 0 Å². The third-order valence-electron chi connectivity index (χ3n) is 9.07. The average molecular weight is 787 g/mol. The van der Waals surface area contributed by atoms with Crippen LogP contribution in [-0.2, 0) is 23.7 Å². The molecule has 10 atom stereocenters. The third-order valence-corrected chi connectivity index (χ3v) is 9.07. The number of aromatic hydroxyl groups is 4. The van der Waals surface area contributed by atoms with Crippen LogP contribution in [0.1, 0.15) is 5.56 Å². The van der Waals surface area contributed by atoms with Crippen LogP contribution < -0.4 is 14.9 Å². The van der Waals surface area contributed by atoms with Crippen LogP contribution >= 0.6 is 0 Å². The molecule has 0 aliphatic carbocycles. The number of fused-ring (bicyclic) bond motifs is 1. The molecule has 56 heavy (non-hydrogen) atoms. The maximum absolute atomic E-state index is 13.8. The Morgan fingerprint density at radius 2 is 1.48 bits per heavy atom. The monoisotopic (exact) mass is 786 g/mol. The standard InChI is InChI=1S/C37H38O19/c1-50-21-10-15(2-8-19(21)41)3-9-25(43)55-35-31(48)27(44)23(13-38)53-37(35)51-14-24-28(45)30(47)32(49)36(54-24)56-34-29(46)26-20(42)11-18(40)12-22(26)52-33(34)16-4-6-17(39)7-5-16/h2-12,23-24,27-28,30-32,35-42,44-45,47-49H,13-14H2,1H3/b9-3+/t23-,24-,27-,28-,30+,31+,32-,35-,36+,37-/m1/s1. The highest BCUT2D eigenvalue weighted by Gasteiger charge is 2.50. The van der Waals surface area contributed by atoms with Crippen LogP contribution in [0, 0.1) is 0 Å². The first-order valence-electron chi connectivity index (χ1n) is 16.9. The zero-order chi connectivity index (χ0) is 40.4. The van der Waals surface area contributed by atoms with Gasteiger partial charge in [-0.2, -0.15) is 0 Å². The van der Waals surface area contributed by atoms with Crippen LogP contribution in [0.3, 0.4) is 0 Å². The van der Waals surface area contributed by atoms with Crippen molar-refractivity contribution in [1.29, 1.82) is 0 Å². The van der Waals surface area contributed by atoms with Gasteiger partial charge in [0.15, 0.2) is 29.7 Å². The van der Waals surface area contributed by atoms with Crippen LogP contribution in [0.5, 0.6) is 34.5 Å². The maximum atomic E-state index is 13.8. The minimum atomic E-state index is -2.02. The number of hydrogen-bond donors (Lipinski definition) is 10. The highest BCUT2D eigenvalue weighted by atomic mass is 16.7. The summed E-state index contributed by atoms with van der Waals surface area (Å²) in [5.74, 6) is -3.29. The van der Waals surface area contributed by atoms with Gasteiger partial charge in [-0.3, -0.25) is 4.79 Å². The van der Waals surface area contributed by atoms with E-state index in [1.807, 2.05) is 0 Å². The Bertz CT molecular complexity index is 2120. The fraction of sp³-hybridized carbons (Fsp3) is 0.351. The minimum absolute atomic E-state index is 0.125. The van der Waals surface area contributed by atoms with Crippen LogP contribution in [0.25, 0.3) is 28.4 Å². The van der Waals surface area contributed by atoms with Crippen molar-refractivity contribution in [3.8, 4) is 45.8 Å². The summed E-state index contributed by atoms with van der Waals surface area (Å²) in [5, 5.41) is 103. The number of ether oxygens (including phenoxy) is 6. The fourth-order valence-electron chi connectivity index (χ4n) is 6.09. The van der Waals surface area contributed by atoms with Gasteiger partial charge < -0.3 is 83.9 Å². The Morgan fingerprint density at radius 1 is 0.786 bits per heavy atom. The first kappa shape index (κ1) is 40.2. The highest BCUT2D eigenvalue weighted by Crippen LogP contribution is 2.38. The van der Waals surface area contributed by atoms with Gasteiger partial charge in [0.2, 0.25) is 17.5 Å². The largest absolute Gasteiger partial charge is 0.508 e. The van der Waals surface area contributed by atoms with Crippen molar-refractivity contribution in [2.24, 2.45) is 0 Å². The Morgan fingerprint density at radius 3 is 2.18 bits per heavy atom. The maximum Gasteiger partial charge on any atom is 0.331 e. The third kappa shape index (κ3) is 8.21. The van der Waals surface area contributed by atoms with Gasteiger partial charge in [-0.05, 0) is 48.0 Å². The first-order chi connectivity index (χ1) is 26.7. The second kappa shape index (κ2) is 16.7. The van der Waals surface area contributed by atoms with Crippen molar-refractivity contribution >= 4 is 23.0 Å². The van der Waals surface area contributed by atoms with Crippen molar-refractivity contribution < 1.29 is 88.7 Å². The number of aliphatic hydroxyl groups excluding tert-OH is 6.